The van der Waals surface area contributed by atoms with E-state index in [1.54, 1.807) is 26.0 Å². The molecule has 2 atom stereocenters. The van der Waals surface area contributed by atoms with Crippen molar-refractivity contribution in [2.24, 2.45) is 10.9 Å². The Balaban J connectivity index is 2.37. The molecule has 0 bridgehead atoms. The number of aliphatic imine (C=N–C) groups is 1. The number of benzene rings is 1. The molecule has 1 aliphatic heterocycles. The number of esters is 1. The normalized spacial score (nSPS) is 21.0. The molecule has 2 rings (SSSR count). The highest BCUT2D eigenvalue weighted by molar-refractivity contribution is 7.80. The van der Waals surface area contributed by atoms with Crippen molar-refractivity contribution < 1.29 is 9.53 Å². The minimum Gasteiger partial charge on any atom is -0.465 e. The number of hydrogen-bond donors (Lipinski definition) is 1. The Morgan fingerprint density at radius 2 is 2.14 bits per heavy atom. The topological polar surface area (TPSA) is 74.5 Å². The molecular weight excluding hydrogens is 286 g/mol. The highest BCUT2D eigenvalue weighted by atomic mass is 32.1. The second-order valence-electron chi connectivity index (χ2n) is 4.64. The minimum atomic E-state index is -0.524. The molecule has 0 spiro atoms. The first-order valence-electron chi connectivity index (χ1n) is 6.59. The molecule has 0 saturated heterocycles. The Kier molecular flexibility index (Phi) is 4.66. The van der Waals surface area contributed by atoms with Crippen molar-refractivity contribution >= 4 is 29.0 Å². The van der Waals surface area contributed by atoms with Crippen LogP contribution in [0.2, 0.25) is 0 Å². The Morgan fingerprint density at radius 1 is 1.48 bits per heavy atom. The highest BCUT2D eigenvalue weighted by Crippen LogP contribution is 2.28. The van der Waals surface area contributed by atoms with Crippen LogP contribution in [-0.2, 0) is 9.53 Å². The van der Waals surface area contributed by atoms with Gasteiger partial charge in [-0.2, -0.15) is 5.26 Å². The molecule has 0 aromatic heterocycles. The summed E-state index contributed by atoms with van der Waals surface area (Å²) in [4.78, 5) is 16.3. The average molecular weight is 301 g/mol. The number of ether oxygens (including phenoxy) is 1. The number of thiocarbonyl (C=S) groups is 1. The molecule has 5 nitrogen and oxygen atoms in total. The van der Waals surface area contributed by atoms with Crippen molar-refractivity contribution in [2.45, 2.75) is 19.9 Å². The van der Waals surface area contributed by atoms with E-state index in [4.69, 9.17) is 22.2 Å². The summed E-state index contributed by atoms with van der Waals surface area (Å²) in [5, 5.41) is 12.3. The third-order valence-corrected chi connectivity index (χ3v) is 3.49. The molecule has 1 aliphatic rings. The van der Waals surface area contributed by atoms with E-state index in [0.29, 0.717) is 23.0 Å². The molecule has 0 amide bonds. The molecule has 1 aromatic carbocycles. The number of hydrogen-bond acceptors (Lipinski definition) is 4. The molecule has 1 aromatic rings. The van der Waals surface area contributed by atoms with Crippen LogP contribution in [0.3, 0.4) is 0 Å². The molecule has 0 radical (unpaired) electrons. The van der Waals surface area contributed by atoms with Gasteiger partial charge in [-0.15, -0.1) is 0 Å². The van der Waals surface area contributed by atoms with Gasteiger partial charge in [-0.05, 0) is 43.8 Å². The van der Waals surface area contributed by atoms with Gasteiger partial charge in [0.1, 0.15) is 5.92 Å². The summed E-state index contributed by atoms with van der Waals surface area (Å²) in [6, 6.07) is 8.78. The Hall–Kier alpha value is -2.26. The van der Waals surface area contributed by atoms with Crippen molar-refractivity contribution in [1.29, 1.82) is 5.26 Å². The van der Waals surface area contributed by atoms with Gasteiger partial charge >= 0.3 is 5.97 Å². The average Bonchev–Trinajstić information content (AvgIpc) is 2.46. The van der Waals surface area contributed by atoms with Crippen LogP contribution in [0.4, 0.5) is 0 Å². The number of nitrogens with one attached hydrogen (secondary N) is 1. The van der Waals surface area contributed by atoms with Gasteiger partial charge in [-0.25, -0.2) is 4.99 Å². The zero-order chi connectivity index (χ0) is 15.4. The van der Waals surface area contributed by atoms with Crippen molar-refractivity contribution in [3.63, 3.8) is 0 Å². The van der Waals surface area contributed by atoms with Gasteiger partial charge in [0, 0.05) is 5.71 Å². The van der Waals surface area contributed by atoms with E-state index in [0.717, 1.165) is 5.56 Å². The first-order valence-corrected chi connectivity index (χ1v) is 7.00. The van der Waals surface area contributed by atoms with E-state index in [-0.39, 0.29) is 12.0 Å². The second-order valence-corrected chi connectivity index (χ2v) is 5.03. The van der Waals surface area contributed by atoms with E-state index < -0.39 is 5.92 Å². The van der Waals surface area contributed by atoms with Crippen LogP contribution in [0, 0.1) is 17.2 Å². The third-order valence-electron chi connectivity index (χ3n) is 3.28. The largest absolute Gasteiger partial charge is 0.465 e. The monoisotopic (exact) mass is 301 g/mol. The van der Waals surface area contributed by atoms with Gasteiger partial charge in [-0.1, -0.05) is 12.1 Å². The summed E-state index contributed by atoms with van der Waals surface area (Å²) < 4.78 is 5.13. The Bertz CT molecular complexity index is 631. The molecule has 1 heterocycles. The third kappa shape index (κ3) is 3.26. The second kappa shape index (κ2) is 6.46. The lowest BCUT2D eigenvalue weighted by atomic mass is 9.88. The molecule has 2 unspecified atom stereocenters. The van der Waals surface area contributed by atoms with E-state index in [1.807, 2.05) is 12.1 Å². The number of carbonyl (C=O) groups is 1. The van der Waals surface area contributed by atoms with Gasteiger partial charge in [0.25, 0.3) is 0 Å². The van der Waals surface area contributed by atoms with Crippen LogP contribution in [0.25, 0.3) is 0 Å². The predicted octanol–water partition coefficient (Wildman–Crippen LogP) is 2.13. The quantitative estimate of drug-likeness (QED) is 0.684. The molecule has 0 fully saturated rings. The molecular formula is C15H15N3O2S. The lowest BCUT2D eigenvalue weighted by Crippen LogP contribution is -2.44. The van der Waals surface area contributed by atoms with E-state index in [9.17, 15) is 4.79 Å². The van der Waals surface area contributed by atoms with Crippen LogP contribution in [0.5, 0.6) is 0 Å². The summed E-state index contributed by atoms with van der Waals surface area (Å²) in [6.45, 7) is 3.85. The minimum absolute atomic E-state index is 0.313. The molecule has 108 valence electrons. The first-order chi connectivity index (χ1) is 10.1. The summed E-state index contributed by atoms with van der Waals surface area (Å²) in [5.41, 5.74) is 2.06. The van der Waals surface area contributed by atoms with Crippen molar-refractivity contribution in [3.05, 3.63) is 35.4 Å². The first kappa shape index (κ1) is 15.1. The van der Waals surface area contributed by atoms with Gasteiger partial charge in [0.2, 0.25) is 0 Å². The van der Waals surface area contributed by atoms with E-state index >= 15 is 0 Å². The van der Waals surface area contributed by atoms with E-state index in [1.165, 1.54) is 0 Å². The van der Waals surface area contributed by atoms with Crippen LogP contribution in [0.15, 0.2) is 29.3 Å². The zero-order valence-electron chi connectivity index (χ0n) is 11.8. The molecule has 21 heavy (non-hydrogen) atoms. The fraction of sp³-hybridized carbons (Fsp3) is 0.333. The number of rotatable bonds is 3. The maximum Gasteiger partial charge on any atom is 0.317 e. The van der Waals surface area contributed by atoms with Crippen LogP contribution in [0.1, 0.15) is 31.0 Å². The Labute approximate surface area is 128 Å². The molecule has 1 N–H and O–H groups in total. The van der Waals surface area contributed by atoms with Crippen molar-refractivity contribution in [1.82, 2.24) is 5.32 Å². The van der Waals surface area contributed by atoms with Crippen molar-refractivity contribution in [2.75, 3.05) is 6.61 Å². The summed E-state index contributed by atoms with van der Waals surface area (Å²) in [7, 11) is 0. The molecule has 0 saturated carbocycles. The summed E-state index contributed by atoms with van der Waals surface area (Å²) in [6.07, 6.45) is 0. The summed E-state index contributed by atoms with van der Waals surface area (Å²) in [5.74, 6) is -0.854. The van der Waals surface area contributed by atoms with Crippen LogP contribution >= 0.6 is 12.2 Å². The fourth-order valence-corrected chi connectivity index (χ4v) is 2.57. The number of carbonyl (C=O) groups excluding carboxylic acids is 1. The fourth-order valence-electron chi connectivity index (χ4n) is 2.30. The molecule has 6 heteroatoms. The van der Waals surface area contributed by atoms with Crippen LogP contribution in [-0.4, -0.2) is 23.4 Å². The maximum atomic E-state index is 12.2. The lowest BCUT2D eigenvalue weighted by Gasteiger charge is -2.30. The lowest BCUT2D eigenvalue weighted by molar-refractivity contribution is -0.146. The Morgan fingerprint density at radius 3 is 2.71 bits per heavy atom. The highest BCUT2D eigenvalue weighted by Gasteiger charge is 2.36. The zero-order valence-corrected chi connectivity index (χ0v) is 12.6. The number of nitrogens with zero attached hydrogens (tertiary/aromatic N) is 2. The standard InChI is InChI=1S/C15H15N3O2S/c1-3-20-14(19)12-9(2)17-15(21)18-13(12)11-6-4-10(8-16)5-7-11/h4-7,12-13H,3H2,1-2H3,(H,18,21). The molecule has 0 aliphatic carbocycles. The SMILES string of the molecule is CCOC(=O)C1C(C)=NC(=S)NC1c1ccc(C#N)cc1. The van der Waals surface area contributed by atoms with E-state index in [2.05, 4.69) is 16.4 Å². The van der Waals surface area contributed by atoms with Gasteiger partial charge in [0.05, 0.1) is 24.3 Å². The van der Waals surface area contributed by atoms with Gasteiger partial charge in [-0.3, -0.25) is 4.79 Å². The number of nitriles is 1. The van der Waals surface area contributed by atoms with Gasteiger partial charge in [0.15, 0.2) is 5.11 Å². The maximum absolute atomic E-state index is 12.2. The smallest absolute Gasteiger partial charge is 0.317 e. The summed E-state index contributed by atoms with van der Waals surface area (Å²) >= 11 is 5.11. The van der Waals surface area contributed by atoms with Crippen molar-refractivity contribution in [3.8, 4) is 6.07 Å². The van der Waals surface area contributed by atoms with Gasteiger partial charge < -0.3 is 10.1 Å². The van der Waals surface area contributed by atoms with Crippen LogP contribution < -0.4 is 5.32 Å². The predicted molar refractivity (Wildman–Crippen MR) is 82.9 cm³/mol.